The van der Waals surface area contributed by atoms with E-state index < -0.39 is 0 Å². The number of rotatable bonds is 8. The molecule has 1 heterocycles. The van der Waals surface area contributed by atoms with E-state index in [2.05, 4.69) is 5.32 Å². The van der Waals surface area contributed by atoms with Gasteiger partial charge in [-0.05, 0) is 43.3 Å². The summed E-state index contributed by atoms with van der Waals surface area (Å²) in [5.74, 6) is 0.530. The van der Waals surface area contributed by atoms with Crippen molar-refractivity contribution in [1.82, 2.24) is 0 Å². The molecule has 2 aromatic rings. The van der Waals surface area contributed by atoms with Crippen LogP contribution >= 0.6 is 23.7 Å². The highest BCUT2D eigenvalue weighted by atomic mass is 35.5. The number of amides is 1. The van der Waals surface area contributed by atoms with Gasteiger partial charge in [0.1, 0.15) is 12.4 Å². The first-order chi connectivity index (χ1) is 11.1. The van der Waals surface area contributed by atoms with Crippen molar-refractivity contribution in [3.05, 3.63) is 46.2 Å². The van der Waals surface area contributed by atoms with Crippen molar-refractivity contribution in [2.75, 3.05) is 18.5 Å². The van der Waals surface area contributed by atoms with Crippen molar-refractivity contribution >= 4 is 41.1 Å². The summed E-state index contributed by atoms with van der Waals surface area (Å²) < 4.78 is 5.36. The van der Waals surface area contributed by atoms with Gasteiger partial charge in [-0.2, -0.15) is 0 Å². The third-order valence-electron chi connectivity index (χ3n) is 3.12. The second-order valence-electron chi connectivity index (χ2n) is 5.04. The second kappa shape index (κ2) is 10.1. The molecule has 0 radical (unpaired) electrons. The monoisotopic (exact) mass is 368 g/mol. The predicted octanol–water partition coefficient (Wildman–Crippen LogP) is 3.42. The smallest absolute Gasteiger partial charge is 0.224 e. The van der Waals surface area contributed by atoms with Crippen molar-refractivity contribution in [3.8, 4) is 5.75 Å². The molecule has 0 bridgehead atoms. The molecule has 24 heavy (non-hydrogen) atoms. The van der Waals surface area contributed by atoms with E-state index in [4.69, 9.17) is 10.5 Å². The lowest BCUT2D eigenvalue weighted by molar-refractivity contribution is -0.116. The number of aryl methyl sites for hydroxylation is 1. The molecule has 0 aliphatic heterocycles. The quantitative estimate of drug-likeness (QED) is 0.699. The van der Waals surface area contributed by atoms with Crippen LogP contribution in [0, 0.1) is 6.92 Å². The molecule has 2 rings (SSSR count). The fourth-order valence-corrected chi connectivity index (χ4v) is 2.80. The number of hydrogen-bond donors (Lipinski definition) is 2. The molecule has 5 nitrogen and oxygen atoms in total. The zero-order valence-corrected chi connectivity index (χ0v) is 15.0. The molecule has 1 amide bonds. The third kappa shape index (κ3) is 6.31. The lowest BCUT2D eigenvalue weighted by Gasteiger charge is -2.07. The lowest BCUT2D eigenvalue weighted by atomic mass is 10.2. The Labute approximate surface area is 151 Å². The van der Waals surface area contributed by atoms with Crippen LogP contribution in [0.1, 0.15) is 27.4 Å². The second-order valence-corrected chi connectivity index (χ2v) is 6.33. The summed E-state index contributed by atoms with van der Waals surface area (Å²) in [6.45, 7) is 2.86. The Bertz CT molecular complexity index is 671. The van der Waals surface area contributed by atoms with Crippen LogP contribution in [0.25, 0.3) is 0 Å². The largest absolute Gasteiger partial charge is 0.492 e. The standard InChI is InChI=1S/C17H20N2O3S.ClH/c1-12-2-8-16(23-12)15(20)7-9-17(21)19-13-3-5-14(6-4-13)22-11-10-18;/h2-6,8H,7,9-11,18H2,1H3,(H,19,21);1H. The first-order valence-corrected chi connectivity index (χ1v) is 8.22. The third-order valence-corrected chi connectivity index (χ3v) is 4.16. The van der Waals surface area contributed by atoms with E-state index in [0.717, 1.165) is 4.88 Å². The van der Waals surface area contributed by atoms with Gasteiger partial charge >= 0.3 is 0 Å². The summed E-state index contributed by atoms with van der Waals surface area (Å²) >= 11 is 1.46. The molecule has 0 atom stereocenters. The lowest BCUT2D eigenvalue weighted by Crippen LogP contribution is -2.13. The Morgan fingerprint density at radius 1 is 1.12 bits per heavy atom. The molecule has 0 aliphatic carbocycles. The minimum absolute atomic E-state index is 0. The van der Waals surface area contributed by atoms with Gasteiger partial charge in [-0.3, -0.25) is 9.59 Å². The number of ether oxygens (including phenoxy) is 1. The van der Waals surface area contributed by atoms with Crippen LogP contribution < -0.4 is 15.8 Å². The van der Waals surface area contributed by atoms with E-state index in [1.165, 1.54) is 11.3 Å². The summed E-state index contributed by atoms with van der Waals surface area (Å²) in [7, 11) is 0. The summed E-state index contributed by atoms with van der Waals surface area (Å²) in [6.07, 6.45) is 0.380. The SMILES string of the molecule is Cc1ccc(C(=O)CCC(=O)Nc2ccc(OCCN)cc2)s1.Cl. The van der Waals surface area contributed by atoms with Gasteiger partial charge in [-0.15, -0.1) is 23.7 Å². The van der Waals surface area contributed by atoms with Crippen molar-refractivity contribution in [2.45, 2.75) is 19.8 Å². The van der Waals surface area contributed by atoms with E-state index in [1.807, 2.05) is 13.0 Å². The van der Waals surface area contributed by atoms with E-state index in [9.17, 15) is 9.59 Å². The molecule has 130 valence electrons. The first-order valence-electron chi connectivity index (χ1n) is 7.41. The molecule has 0 fully saturated rings. The van der Waals surface area contributed by atoms with E-state index >= 15 is 0 Å². The number of hydrogen-bond acceptors (Lipinski definition) is 5. The van der Waals surface area contributed by atoms with Gasteiger partial charge < -0.3 is 15.8 Å². The summed E-state index contributed by atoms with van der Waals surface area (Å²) in [5.41, 5.74) is 6.04. The fraction of sp³-hybridized carbons (Fsp3) is 0.294. The molecule has 7 heteroatoms. The Hall–Kier alpha value is -1.89. The van der Waals surface area contributed by atoms with Gasteiger partial charge in [-0.25, -0.2) is 0 Å². The molecule has 1 aromatic heterocycles. The van der Waals surface area contributed by atoms with Gasteiger partial charge in [0.25, 0.3) is 0 Å². The van der Waals surface area contributed by atoms with Crippen LogP contribution in [-0.2, 0) is 4.79 Å². The molecular weight excluding hydrogens is 348 g/mol. The molecule has 0 spiro atoms. The fourth-order valence-electron chi connectivity index (χ4n) is 1.97. The van der Waals surface area contributed by atoms with Crippen LogP contribution in [0.5, 0.6) is 5.75 Å². The maximum atomic E-state index is 12.0. The van der Waals surface area contributed by atoms with Gasteiger partial charge in [0.2, 0.25) is 5.91 Å². The molecule has 3 N–H and O–H groups in total. The van der Waals surface area contributed by atoms with Gasteiger partial charge in [0.05, 0.1) is 4.88 Å². The maximum Gasteiger partial charge on any atom is 0.224 e. The highest BCUT2D eigenvalue weighted by Crippen LogP contribution is 2.18. The Balaban J connectivity index is 0.00000288. The number of carbonyl (C=O) groups is 2. The zero-order valence-electron chi connectivity index (χ0n) is 13.4. The van der Waals surface area contributed by atoms with Crippen molar-refractivity contribution < 1.29 is 14.3 Å². The normalized spacial score (nSPS) is 9.92. The molecule has 0 unspecified atom stereocenters. The number of anilines is 1. The number of Topliss-reactive ketones (excluding diaryl/α,β-unsaturated/α-hetero) is 1. The molecule has 0 aliphatic rings. The molecule has 0 saturated heterocycles. The number of halogens is 1. The molecule has 1 aromatic carbocycles. The summed E-state index contributed by atoms with van der Waals surface area (Å²) in [4.78, 5) is 25.7. The minimum Gasteiger partial charge on any atom is -0.492 e. The van der Waals surface area contributed by atoms with Crippen LogP contribution in [0.15, 0.2) is 36.4 Å². The Morgan fingerprint density at radius 3 is 2.42 bits per heavy atom. The number of thiophene rings is 1. The Kier molecular flexibility index (Phi) is 8.46. The van der Waals surface area contributed by atoms with Gasteiger partial charge in [-0.1, -0.05) is 0 Å². The van der Waals surface area contributed by atoms with Crippen molar-refractivity contribution in [3.63, 3.8) is 0 Å². The van der Waals surface area contributed by atoms with Crippen LogP contribution in [-0.4, -0.2) is 24.8 Å². The van der Waals surface area contributed by atoms with Crippen molar-refractivity contribution in [1.29, 1.82) is 0 Å². The van der Waals surface area contributed by atoms with E-state index in [-0.39, 0.29) is 36.9 Å². The number of nitrogens with two attached hydrogens (primary N) is 1. The highest BCUT2D eigenvalue weighted by molar-refractivity contribution is 7.14. The van der Waals surface area contributed by atoms with Gasteiger partial charge in [0.15, 0.2) is 5.78 Å². The highest BCUT2D eigenvalue weighted by Gasteiger charge is 2.11. The number of nitrogens with one attached hydrogen (secondary N) is 1. The average Bonchev–Trinajstić information content (AvgIpc) is 2.98. The van der Waals surface area contributed by atoms with E-state index in [0.29, 0.717) is 29.5 Å². The molecular formula is C17H21ClN2O3S. The van der Waals surface area contributed by atoms with Crippen molar-refractivity contribution in [2.24, 2.45) is 5.73 Å². The first kappa shape index (κ1) is 20.2. The van der Waals surface area contributed by atoms with E-state index in [1.54, 1.807) is 30.3 Å². The van der Waals surface area contributed by atoms with Crippen LogP contribution in [0.2, 0.25) is 0 Å². The van der Waals surface area contributed by atoms with Gasteiger partial charge in [0, 0.05) is 30.0 Å². The predicted molar refractivity (Wildman–Crippen MR) is 99.5 cm³/mol. The minimum atomic E-state index is -0.178. The Morgan fingerprint density at radius 2 is 1.83 bits per heavy atom. The maximum absolute atomic E-state index is 12.0. The molecule has 0 saturated carbocycles. The number of benzene rings is 1. The summed E-state index contributed by atoms with van der Waals surface area (Å²) in [6, 6.07) is 10.8. The topological polar surface area (TPSA) is 81.4 Å². The van der Waals surface area contributed by atoms with Crippen LogP contribution in [0.3, 0.4) is 0 Å². The summed E-state index contributed by atoms with van der Waals surface area (Å²) in [5, 5.41) is 2.77. The number of ketones is 1. The number of carbonyl (C=O) groups excluding carboxylic acids is 2. The van der Waals surface area contributed by atoms with Crippen LogP contribution in [0.4, 0.5) is 5.69 Å². The zero-order chi connectivity index (χ0) is 16.7. The average molecular weight is 369 g/mol.